The average molecular weight is 295 g/mol. The minimum absolute atomic E-state index is 0.330. The molecule has 1 aliphatic rings. The van der Waals surface area contributed by atoms with Gasteiger partial charge in [0.1, 0.15) is 0 Å². The number of fused-ring (bicyclic) bond motifs is 1. The van der Waals surface area contributed by atoms with E-state index in [-0.39, 0.29) is 5.97 Å². The van der Waals surface area contributed by atoms with Crippen molar-refractivity contribution in [3.63, 3.8) is 0 Å². The summed E-state index contributed by atoms with van der Waals surface area (Å²) in [5.41, 5.74) is 3.69. The minimum Gasteiger partial charge on any atom is -0.463 e. The average Bonchev–Trinajstić information content (AvgIpc) is 2.82. The maximum absolute atomic E-state index is 11.1. The summed E-state index contributed by atoms with van der Waals surface area (Å²) in [4.78, 5) is 14.5. The molecular weight excluding hydrogens is 278 g/mol. The van der Waals surface area contributed by atoms with Crippen LogP contribution < -0.4 is 0 Å². The number of carbonyl (C=O) groups is 1. The second kappa shape index (κ2) is 6.91. The van der Waals surface area contributed by atoms with Gasteiger partial charge in [0.05, 0.1) is 16.5 Å². The largest absolute Gasteiger partial charge is 0.463 e. The van der Waals surface area contributed by atoms with Crippen LogP contribution in [0.5, 0.6) is 0 Å². The monoisotopic (exact) mass is 295 g/mol. The van der Waals surface area contributed by atoms with Crippen molar-refractivity contribution in [2.45, 2.75) is 32.6 Å². The van der Waals surface area contributed by atoms with E-state index in [1.54, 1.807) is 12.3 Å². The molecule has 0 bridgehead atoms. The van der Waals surface area contributed by atoms with Crippen LogP contribution in [0.2, 0.25) is 0 Å². The number of hydrogen-bond donors (Lipinski definition) is 1. The van der Waals surface area contributed by atoms with E-state index < -0.39 is 0 Å². The first-order valence-corrected chi connectivity index (χ1v) is 7.74. The lowest BCUT2D eigenvalue weighted by Gasteiger charge is -2.08. The summed E-state index contributed by atoms with van der Waals surface area (Å²) in [5.74, 6) is -0.330. The summed E-state index contributed by atoms with van der Waals surface area (Å²) in [6.45, 7) is 2.18. The molecule has 0 amide bonds. The van der Waals surface area contributed by atoms with E-state index in [1.807, 2.05) is 0 Å². The number of hydrogen-bond acceptors (Lipinski definition) is 4. The number of rotatable bonds is 4. The fourth-order valence-electron chi connectivity index (χ4n) is 2.12. The molecular formula is C14H17NO2S2. The molecule has 19 heavy (non-hydrogen) atoms. The van der Waals surface area contributed by atoms with Crippen molar-refractivity contribution in [2.24, 2.45) is 0 Å². The summed E-state index contributed by atoms with van der Waals surface area (Å²) in [5, 5.41) is 1.68. The number of ether oxygens (including phenoxy) is 1. The van der Waals surface area contributed by atoms with Crippen molar-refractivity contribution in [2.75, 3.05) is 6.61 Å². The molecule has 0 unspecified atom stereocenters. The van der Waals surface area contributed by atoms with Crippen LogP contribution in [0.25, 0.3) is 0 Å². The van der Waals surface area contributed by atoms with Gasteiger partial charge >= 0.3 is 5.97 Å². The zero-order valence-electron chi connectivity index (χ0n) is 10.9. The Bertz CT molecular complexity index is 482. The van der Waals surface area contributed by atoms with Crippen LogP contribution in [-0.2, 0) is 22.4 Å². The SMILES string of the molecule is CCOC(=O)/C=C\SC(=S)c1cc2c([nH]1)CCCC2. The molecule has 102 valence electrons. The number of carbonyl (C=O) groups excluding carboxylic acids is 1. The van der Waals surface area contributed by atoms with Crippen LogP contribution >= 0.6 is 24.0 Å². The van der Waals surface area contributed by atoms with Gasteiger partial charge in [0.2, 0.25) is 0 Å². The van der Waals surface area contributed by atoms with E-state index in [9.17, 15) is 4.79 Å². The van der Waals surface area contributed by atoms with Gasteiger partial charge in [0.25, 0.3) is 0 Å². The number of thioether (sulfide) groups is 1. The van der Waals surface area contributed by atoms with Crippen LogP contribution in [0.15, 0.2) is 17.6 Å². The predicted octanol–water partition coefficient (Wildman–Crippen LogP) is 3.38. The zero-order valence-corrected chi connectivity index (χ0v) is 12.5. The molecule has 0 spiro atoms. The third-order valence-corrected chi connectivity index (χ3v) is 4.22. The number of aryl methyl sites for hydroxylation is 2. The summed E-state index contributed by atoms with van der Waals surface area (Å²) in [6.07, 6.45) is 6.16. The Kier molecular flexibility index (Phi) is 5.22. The Balaban J connectivity index is 1.93. The first kappa shape index (κ1) is 14.3. The molecule has 0 atom stereocenters. The topological polar surface area (TPSA) is 42.1 Å². The number of thiocarbonyl (C=S) groups is 1. The first-order valence-electron chi connectivity index (χ1n) is 6.45. The van der Waals surface area contributed by atoms with Gasteiger partial charge in [-0.05, 0) is 49.6 Å². The van der Waals surface area contributed by atoms with Gasteiger partial charge in [-0.2, -0.15) is 0 Å². The molecule has 3 nitrogen and oxygen atoms in total. The van der Waals surface area contributed by atoms with E-state index in [0.717, 1.165) is 22.7 Å². The summed E-state index contributed by atoms with van der Waals surface area (Å²) >= 11 is 6.72. The first-order chi connectivity index (χ1) is 9.20. The third-order valence-electron chi connectivity index (χ3n) is 3.00. The van der Waals surface area contributed by atoms with Crippen molar-refractivity contribution in [3.8, 4) is 0 Å². The molecule has 2 rings (SSSR count). The van der Waals surface area contributed by atoms with Gasteiger partial charge in [-0.3, -0.25) is 0 Å². The van der Waals surface area contributed by atoms with Crippen LogP contribution in [0.3, 0.4) is 0 Å². The molecule has 1 aliphatic carbocycles. The highest BCUT2D eigenvalue weighted by Crippen LogP contribution is 2.24. The normalized spacial score (nSPS) is 14.4. The van der Waals surface area contributed by atoms with Crippen molar-refractivity contribution < 1.29 is 9.53 Å². The van der Waals surface area contributed by atoms with Crippen molar-refractivity contribution in [3.05, 3.63) is 34.5 Å². The summed E-state index contributed by atoms with van der Waals surface area (Å²) < 4.78 is 5.56. The number of nitrogens with one attached hydrogen (secondary N) is 1. The molecule has 0 radical (unpaired) electrons. The minimum atomic E-state index is -0.330. The van der Waals surface area contributed by atoms with E-state index in [2.05, 4.69) is 11.1 Å². The molecule has 5 heteroatoms. The Morgan fingerprint density at radius 2 is 2.32 bits per heavy atom. The van der Waals surface area contributed by atoms with Crippen molar-refractivity contribution >= 4 is 34.1 Å². The maximum Gasteiger partial charge on any atom is 0.331 e. The highest BCUT2D eigenvalue weighted by Gasteiger charge is 2.14. The highest BCUT2D eigenvalue weighted by molar-refractivity contribution is 8.25. The lowest BCUT2D eigenvalue weighted by Crippen LogP contribution is -1.99. The number of aromatic amines is 1. The molecule has 1 aromatic heterocycles. The van der Waals surface area contributed by atoms with Gasteiger partial charge in [0.15, 0.2) is 0 Å². The summed E-state index contributed by atoms with van der Waals surface area (Å²) in [7, 11) is 0. The quantitative estimate of drug-likeness (QED) is 0.525. The number of H-pyrrole nitrogens is 1. The van der Waals surface area contributed by atoms with Crippen molar-refractivity contribution in [1.82, 2.24) is 4.98 Å². The van der Waals surface area contributed by atoms with Crippen LogP contribution in [0.1, 0.15) is 36.7 Å². The van der Waals surface area contributed by atoms with Crippen LogP contribution in [0.4, 0.5) is 0 Å². The fraction of sp³-hybridized carbons (Fsp3) is 0.429. The fourth-order valence-corrected chi connectivity index (χ4v) is 2.94. The van der Waals surface area contributed by atoms with E-state index in [0.29, 0.717) is 6.61 Å². The van der Waals surface area contributed by atoms with Crippen LogP contribution in [-0.4, -0.2) is 21.8 Å². The molecule has 1 N–H and O–H groups in total. The zero-order chi connectivity index (χ0) is 13.7. The Morgan fingerprint density at radius 1 is 1.53 bits per heavy atom. The molecule has 0 aromatic carbocycles. The van der Waals surface area contributed by atoms with E-state index >= 15 is 0 Å². The van der Waals surface area contributed by atoms with Crippen molar-refractivity contribution in [1.29, 1.82) is 0 Å². The van der Waals surface area contributed by atoms with E-state index in [1.165, 1.54) is 41.9 Å². The molecule has 1 heterocycles. The van der Waals surface area contributed by atoms with E-state index in [4.69, 9.17) is 17.0 Å². The Hall–Kier alpha value is -1.07. The number of esters is 1. The Labute approximate surface area is 122 Å². The van der Waals surface area contributed by atoms with Gasteiger partial charge in [-0.15, -0.1) is 0 Å². The second-order valence-electron chi connectivity index (χ2n) is 4.35. The third kappa shape index (κ3) is 3.94. The van der Waals surface area contributed by atoms with Gasteiger partial charge in [0, 0.05) is 11.8 Å². The molecule has 1 aromatic rings. The van der Waals surface area contributed by atoms with Gasteiger partial charge in [-0.25, -0.2) is 4.79 Å². The standard InChI is InChI=1S/C14H17NO2S2/c1-2-17-13(16)7-8-19-14(18)12-9-10-5-3-4-6-11(10)15-12/h7-9,15H,2-6H2,1H3/b8-7-. The van der Waals surface area contributed by atoms with Gasteiger partial charge < -0.3 is 9.72 Å². The predicted molar refractivity (Wildman–Crippen MR) is 82.5 cm³/mol. The maximum atomic E-state index is 11.1. The molecule has 0 aliphatic heterocycles. The smallest absolute Gasteiger partial charge is 0.331 e. The molecule has 0 saturated carbocycles. The summed E-state index contributed by atoms with van der Waals surface area (Å²) in [6, 6.07) is 2.14. The molecule has 0 fully saturated rings. The van der Waals surface area contributed by atoms with Gasteiger partial charge in [-0.1, -0.05) is 24.0 Å². The second-order valence-corrected chi connectivity index (χ2v) is 5.94. The van der Waals surface area contributed by atoms with Crippen LogP contribution in [0, 0.1) is 0 Å². The Morgan fingerprint density at radius 3 is 3.05 bits per heavy atom. The molecule has 0 saturated heterocycles. The lowest BCUT2D eigenvalue weighted by molar-refractivity contribution is -0.137. The number of aromatic nitrogens is 1. The highest BCUT2D eigenvalue weighted by atomic mass is 32.2. The lowest BCUT2D eigenvalue weighted by atomic mass is 9.98.